The molecule has 0 amide bonds. The van der Waals surface area contributed by atoms with Crippen molar-refractivity contribution >= 4 is 58.6 Å². The molecular formula is C20H12Br2O10S2. The fourth-order valence-corrected chi connectivity index (χ4v) is 5.45. The van der Waals surface area contributed by atoms with Crippen LogP contribution in [0.25, 0.3) is 0 Å². The average molecular weight is 636 g/mol. The minimum absolute atomic E-state index is 0.184. The molecule has 3 aromatic rings. The quantitative estimate of drug-likeness (QED) is 0.300. The van der Waals surface area contributed by atoms with Crippen LogP contribution in [0.1, 0.15) is 27.0 Å². The summed E-state index contributed by atoms with van der Waals surface area (Å²) in [4.78, 5) is 13.0. The fourth-order valence-electron chi connectivity index (χ4n) is 3.64. The van der Waals surface area contributed by atoms with Crippen molar-refractivity contribution in [3.05, 3.63) is 91.9 Å². The second kappa shape index (κ2) is 8.62. The predicted octanol–water partition coefficient (Wildman–Crippen LogP) is 4.04. The van der Waals surface area contributed by atoms with Crippen molar-refractivity contribution in [2.24, 2.45) is 0 Å². The monoisotopic (exact) mass is 634 g/mol. The molecule has 0 aromatic heterocycles. The third kappa shape index (κ3) is 4.69. The highest BCUT2D eigenvalue weighted by molar-refractivity contribution is 9.11. The van der Waals surface area contributed by atoms with Crippen LogP contribution in [0.4, 0.5) is 0 Å². The number of hydrogen-bond donors (Lipinski definition) is 2. The van der Waals surface area contributed by atoms with E-state index >= 15 is 0 Å². The summed E-state index contributed by atoms with van der Waals surface area (Å²) < 4.78 is 77.8. The predicted molar refractivity (Wildman–Crippen MR) is 124 cm³/mol. The van der Waals surface area contributed by atoms with Gasteiger partial charge in [-0.3, -0.25) is 9.11 Å². The van der Waals surface area contributed by atoms with Crippen molar-refractivity contribution in [2.75, 3.05) is 0 Å². The molecule has 0 aliphatic carbocycles. The molecule has 0 unspecified atom stereocenters. The van der Waals surface area contributed by atoms with E-state index in [4.69, 9.17) is 13.8 Å². The Labute approximate surface area is 210 Å². The van der Waals surface area contributed by atoms with Crippen molar-refractivity contribution in [1.29, 1.82) is 0 Å². The molecule has 4 rings (SSSR count). The summed E-state index contributed by atoms with van der Waals surface area (Å²) in [5.74, 6) is -1.02. The van der Waals surface area contributed by atoms with Gasteiger partial charge in [0.2, 0.25) is 0 Å². The van der Waals surface area contributed by atoms with Gasteiger partial charge in [0.1, 0.15) is 11.5 Å². The molecule has 0 spiro atoms. The molecule has 0 fully saturated rings. The maximum atomic E-state index is 13.0. The minimum atomic E-state index is -4.75. The topological polar surface area (TPSA) is 154 Å². The van der Waals surface area contributed by atoms with E-state index in [1.54, 1.807) is 12.1 Å². The highest BCUT2D eigenvalue weighted by Gasteiger charge is 2.50. The van der Waals surface area contributed by atoms with Gasteiger partial charge in [-0.25, -0.2) is 4.79 Å². The molecule has 0 radical (unpaired) electrons. The molecule has 1 aliphatic heterocycles. The van der Waals surface area contributed by atoms with Crippen LogP contribution in [0.2, 0.25) is 0 Å². The third-order valence-corrected chi connectivity index (χ3v) is 6.96. The van der Waals surface area contributed by atoms with Crippen molar-refractivity contribution in [1.82, 2.24) is 0 Å². The number of ether oxygens (including phenoxy) is 1. The molecule has 0 bridgehead atoms. The van der Waals surface area contributed by atoms with Gasteiger partial charge in [-0.2, -0.15) is 16.8 Å². The smallest absolute Gasteiger partial charge is 0.441 e. The molecule has 0 saturated carbocycles. The van der Waals surface area contributed by atoms with Crippen LogP contribution in [0.5, 0.6) is 11.5 Å². The summed E-state index contributed by atoms with van der Waals surface area (Å²) in [6, 6.07) is 14.2. The van der Waals surface area contributed by atoms with Crippen molar-refractivity contribution in [3.63, 3.8) is 0 Å². The summed E-state index contributed by atoms with van der Waals surface area (Å²) in [6.07, 6.45) is 0. The average Bonchev–Trinajstić information content (AvgIpc) is 3.05. The standard InChI is InChI=1S/C20H12Br2O10S2/c21-15-9-10-16(22)18-17(15)19(23)30-20(18,11-1-5-13(6-2-11)31-33(24,25)26)12-3-7-14(8-4-12)32-34(27,28)29/h1-10H,(H,24,25,26)(H,27,28,29). The van der Waals surface area contributed by atoms with Crippen LogP contribution in [-0.2, 0) is 31.1 Å². The number of halogens is 2. The zero-order chi connectivity index (χ0) is 24.9. The van der Waals surface area contributed by atoms with Crippen LogP contribution < -0.4 is 8.37 Å². The lowest BCUT2D eigenvalue weighted by Crippen LogP contribution is -2.30. The largest absolute Gasteiger partial charge is 0.446 e. The van der Waals surface area contributed by atoms with Gasteiger partial charge in [0.25, 0.3) is 0 Å². The second-order valence-corrected chi connectivity index (χ2v) is 10.7. The molecule has 178 valence electrons. The Morgan fingerprint density at radius 1 is 0.706 bits per heavy atom. The van der Waals surface area contributed by atoms with Gasteiger partial charge < -0.3 is 13.1 Å². The van der Waals surface area contributed by atoms with Gasteiger partial charge in [0.15, 0.2) is 5.60 Å². The van der Waals surface area contributed by atoms with Crippen molar-refractivity contribution < 1.29 is 43.8 Å². The lowest BCUT2D eigenvalue weighted by Gasteiger charge is -2.31. The molecule has 2 N–H and O–H groups in total. The molecule has 3 aromatic carbocycles. The van der Waals surface area contributed by atoms with Gasteiger partial charge in [0, 0.05) is 25.6 Å². The highest BCUT2D eigenvalue weighted by Crippen LogP contribution is 2.51. The van der Waals surface area contributed by atoms with E-state index in [0.717, 1.165) is 0 Å². The number of benzene rings is 3. The Morgan fingerprint density at radius 2 is 1.12 bits per heavy atom. The van der Waals surface area contributed by atoms with E-state index in [2.05, 4.69) is 40.2 Å². The Hall–Kier alpha value is -2.49. The van der Waals surface area contributed by atoms with E-state index in [0.29, 0.717) is 25.6 Å². The minimum Gasteiger partial charge on any atom is -0.441 e. The Bertz CT molecular complexity index is 1420. The first kappa shape index (κ1) is 24.6. The maximum absolute atomic E-state index is 13.0. The van der Waals surface area contributed by atoms with Crippen molar-refractivity contribution in [3.8, 4) is 11.5 Å². The van der Waals surface area contributed by atoms with Gasteiger partial charge in [-0.05, 0) is 52.3 Å². The fraction of sp³-hybridized carbons (Fsp3) is 0.0500. The molecule has 34 heavy (non-hydrogen) atoms. The van der Waals surface area contributed by atoms with E-state index in [1.807, 2.05) is 0 Å². The second-order valence-electron chi connectivity index (χ2n) is 6.92. The van der Waals surface area contributed by atoms with Crippen LogP contribution >= 0.6 is 31.9 Å². The first-order valence-corrected chi connectivity index (χ1v) is 13.4. The summed E-state index contributed by atoms with van der Waals surface area (Å²) in [6.45, 7) is 0. The zero-order valence-electron chi connectivity index (χ0n) is 16.5. The molecule has 10 nitrogen and oxygen atoms in total. The normalized spacial score (nSPS) is 14.9. The Balaban J connectivity index is 1.93. The third-order valence-electron chi connectivity index (χ3n) is 4.83. The van der Waals surface area contributed by atoms with Crippen LogP contribution in [-0.4, -0.2) is 31.9 Å². The molecule has 0 atom stereocenters. The van der Waals surface area contributed by atoms with E-state index in [-0.39, 0.29) is 17.1 Å². The summed E-state index contributed by atoms with van der Waals surface area (Å²) in [5.41, 5.74) is -0.124. The lowest BCUT2D eigenvalue weighted by molar-refractivity contribution is 0.0250. The van der Waals surface area contributed by atoms with Crippen LogP contribution in [0.3, 0.4) is 0 Å². The number of esters is 1. The Kier molecular flexibility index (Phi) is 6.25. The number of rotatable bonds is 6. The van der Waals surface area contributed by atoms with Crippen molar-refractivity contribution in [2.45, 2.75) is 5.60 Å². The van der Waals surface area contributed by atoms with Gasteiger partial charge in [-0.15, -0.1) is 0 Å². The maximum Gasteiger partial charge on any atom is 0.446 e. The first-order chi connectivity index (χ1) is 15.8. The molecule has 1 aliphatic rings. The summed E-state index contributed by atoms with van der Waals surface area (Å²) in [7, 11) is -9.50. The summed E-state index contributed by atoms with van der Waals surface area (Å²) >= 11 is 6.82. The molecular weight excluding hydrogens is 624 g/mol. The first-order valence-electron chi connectivity index (χ1n) is 9.07. The zero-order valence-corrected chi connectivity index (χ0v) is 21.3. The molecule has 1 heterocycles. The highest BCUT2D eigenvalue weighted by atomic mass is 79.9. The van der Waals surface area contributed by atoms with E-state index in [9.17, 15) is 21.6 Å². The number of hydrogen-bond acceptors (Lipinski definition) is 8. The number of fused-ring (bicyclic) bond motifs is 1. The number of carbonyl (C=O) groups excluding carboxylic acids is 1. The Morgan fingerprint density at radius 3 is 1.53 bits per heavy atom. The SMILES string of the molecule is O=C1OC(c2ccc(OS(=O)(=O)O)cc2)(c2ccc(OS(=O)(=O)O)cc2)c2c(Br)ccc(Br)c21. The van der Waals surface area contributed by atoms with Crippen LogP contribution in [0.15, 0.2) is 69.6 Å². The lowest BCUT2D eigenvalue weighted by atomic mass is 9.80. The van der Waals surface area contributed by atoms with Gasteiger partial charge in [-0.1, -0.05) is 40.2 Å². The van der Waals surface area contributed by atoms with Crippen LogP contribution in [0, 0.1) is 0 Å². The number of cyclic esters (lactones) is 1. The van der Waals surface area contributed by atoms with E-state index in [1.165, 1.54) is 48.5 Å². The van der Waals surface area contributed by atoms with Gasteiger partial charge in [0.05, 0.1) is 5.56 Å². The summed E-state index contributed by atoms with van der Waals surface area (Å²) in [5, 5.41) is 0. The van der Waals surface area contributed by atoms with Gasteiger partial charge >= 0.3 is 26.8 Å². The molecule has 0 saturated heterocycles. The van der Waals surface area contributed by atoms with E-state index < -0.39 is 32.4 Å². The number of carbonyl (C=O) groups is 1. The molecule has 14 heteroatoms.